The van der Waals surface area contributed by atoms with Crippen LogP contribution in [0.5, 0.6) is 0 Å². The van der Waals surface area contributed by atoms with Crippen molar-refractivity contribution in [1.82, 2.24) is 15.1 Å². The molecule has 2 atom stereocenters. The van der Waals surface area contributed by atoms with E-state index >= 15 is 0 Å². The topological polar surface area (TPSA) is 97.4 Å². The Morgan fingerprint density at radius 3 is 2.37 bits per heavy atom. The number of aliphatic hydroxyl groups is 1. The predicted molar refractivity (Wildman–Crippen MR) is 149 cm³/mol. The first kappa shape index (κ1) is 30.8. The highest BCUT2D eigenvalue weighted by Crippen LogP contribution is 2.41. The van der Waals surface area contributed by atoms with Crippen molar-refractivity contribution in [1.29, 1.82) is 0 Å². The molecule has 2 aromatic rings. The average molecular weight is 606 g/mol. The minimum Gasteiger partial charge on any atom is -0.377 e. The molecule has 1 unspecified atom stereocenters. The number of piperidine rings is 1. The normalized spacial score (nSPS) is 21.5. The second-order valence-corrected chi connectivity index (χ2v) is 11.8. The predicted octanol–water partition coefficient (Wildman–Crippen LogP) is 3.10. The van der Waals surface area contributed by atoms with Gasteiger partial charge in [-0.15, -0.1) is 0 Å². The third-order valence-electron chi connectivity index (χ3n) is 8.52. The second kappa shape index (κ2) is 11.8. The Hall–Kier alpha value is -3.60. The Bertz CT molecular complexity index is 1330. The number of carbonyl (C=O) groups excluding carboxylic acids is 2. The van der Waals surface area contributed by atoms with Gasteiger partial charge in [-0.3, -0.25) is 14.5 Å². The molecule has 0 aliphatic carbocycles. The lowest BCUT2D eigenvalue weighted by Crippen LogP contribution is -2.61. The van der Waals surface area contributed by atoms with E-state index in [0.717, 1.165) is 11.4 Å². The second-order valence-electron chi connectivity index (χ2n) is 11.8. The van der Waals surface area contributed by atoms with Crippen LogP contribution in [0.2, 0.25) is 0 Å². The van der Waals surface area contributed by atoms with Gasteiger partial charge in [0.15, 0.2) is 0 Å². The number of rotatable bonds is 7. The molecule has 0 bridgehead atoms. The smallest absolute Gasteiger partial charge is 0.377 e. The molecule has 13 heteroatoms. The number of alkyl halides is 3. The number of halogens is 4. The summed E-state index contributed by atoms with van der Waals surface area (Å²) >= 11 is 0. The molecule has 9 nitrogen and oxygen atoms in total. The van der Waals surface area contributed by atoms with Gasteiger partial charge in [-0.25, -0.2) is 4.39 Å². The van der Waals surface area contributed by atoms with Gasteiger partial charge in [0, 0.05) is 13.1 Å². The Morgan fingerprint density at radius 2 is 1.81 bits per heavy atom. The van der Waals surface area contributed by atoms with E-state index in [0.29, 0.717) is 50.9 Å². The fourth-order valence-corrected chi connectivity index (χ4v) is 5.91. The van der Waals surface area contributed by atoms with E-state index in [2.05, 4.69) is 27.7 Å². The molecule has 1 spiro atoms. The number of carbonyl (C=O) groups is 2. The monoisotopic (exact) mass is 605 g/mol. The standard InChI is InChI=1S/C30H35F4N5O4/c1-18(2)25(36-26(40)23-14-19(30(32,33)34)4-9-24(23)31)27(41)38-12-10-29(11-13-38)28(42)37(3)17-39(29)22-7-5-20(6-8-22)35-21-15-43-16-21/h4-5,7,9,14,18,21,25,28,35,42H,10-13,15-17H2,1-3H3,(H,36,40)/t25-,28?/m1/s1. The first-order valence-electron chi connectivity index (χ1n) is 14.2. The average Bonchev–Trinajstić information content (AvgIpc) is 3.18. The van der Waals surface area contributed by atoms with Gasteiger partial charge in [0.2, 0.25) is 5.91 Å². The number of nitrogens with zero attached hydrogens (tertiary/aromatic N) is 3. The van der Waals surface area contributed by atoms with Crippen LogP contribution < -0.4 is 15.5 Å². The molecule has 3 saturated heterocycles. The number of anilines is 2. The van der Waals surface area contributed by atoms with Gasteiger partial charge in [-0.05, 0) is 68.3 Å². The molecule has 0 aromatic heterocycles. The minimum atomic E-state index is -4.76. The summed E-state index contributed by atoms with van der Waals surface area (Å²) in [5.74, 6) is -3.06. The lowest BCUT2D eigenvalue weighted by atomic mass is 9.84. The zero-order valence-electron chi connectivity index (χ0n) is 24.2. The van der Waals surface area contributed by atoms with Crippen LogP contribution in [0.1, 0.15) is 42.6 Å². The minimum absolute atomic E-state index is 0.243. The molecule has 3 heterocycles. The zero-order chi connectivity index (χ0) is 31.1. The molecule has 232 valence electrons. The van der Waals surface area contributed by atoms with Crippen LogP contribution in [-0.2, 0) is 15.7 Å². The molecule has 3 aliphatic heterocycles. The van der Waals surface area contributed by atoms with Gasteiger partial charge in [-0.2, -0.15) is 13.2 Å². The third kappa shape index (κ3) is 6.09. The first-order chi connectivity index (χ1) is 20.3. The third-order valence-corrected chi connectivity index (χ3v) is 8.52. The number of hydrogen-bond donors (Lipinski definition) is 3. The molecule has 5 rings (SSSR count). The number of ether oxygens (including phenoxy) is 1. The van der Waals surface area contributed by atoms with Crippen molar-refractivity contribution in [3.05, 3.63) is 59.4 Å². The molecule has 0 saturated carbocycles. The van der Waals surface area contributed by atoms with Crippen LogP contribution in [0, 0.1) is 23.9 Å². The van der Waals surface area contributed by atoms with Crippen molar-refractivity contribution < 1.29 is 37.0 Å². The van der Waals surface area contributed by atoms with Gasteiger partial charge in [0.05, 0.1) is 54.0 Å². The maximum atomic E-state index is 14.4. The van der Waals surface area contributed by atoms with Gasteiger partial charge in [-0.1, -0.05) is 13.8 Å². The number of likely N-dealkylation sites (N-methyl/N-ethyl adjacent to an activating group) is 1. The van der Waals surface area contributed by atoms with Crippen LogP contribution in [0.15, 0.2) is 30.3 Å². The molecule has 3 fully saturated rings. The molecule has 2 amide bonds. The van der Waals surface area contributed by atoms with E-state index in [-0.39, 0.29) is 19.1 Å². The summed E-state index contributed by atoms with van der Waals surface area (Å²) in [6.45, 7) is 5.63. The highest BCUT2D eigenvalue weighted by Gasteiger charge is 2.53. The maximum Gasteiger partial charge on any atom is 0.416 e. The summed E-state index contributed by atoms with van der Waals surface area (Å²) in [6.07, 6.45) is -4.74. The quantitative estimate of drug-likeness (QED) is 0.418. The summed E-state index contributed by atoms with van der Waals surface area (Å²) in [7, 11) is 1.82. The zero-order valence-corrected chi connectivity index (χ0v) is 24.2. The lowest BCUT2D eigenvalue weighted by Gasteiger charge is -2.47. The molecule has 3 N–H and O–H groups in total. The highest BCUT2D eigenvalue weighted by molar-refractivity contribution is 5.98. The number of hydrogen-bond acceptors (Lipinski definition) is 7. The number of amides is 2. The Balaban J connectivity index is 1.28. The van der Waals surface area contributed by atoms with E-state index in [9.17, 15) is 32.3 Å². The van der Waals surface area contributed by atoms with Gasteiger partial charge in [0.1, 0.15) is 18.1 Å². The van der Waals surface area contributed by atoms with Crippen molar-refractivity contribution in [2.24, 2.45) is 5.92 Å². The molecule has 3 aliphatic rings. The van der Waals surface area contributed by atoms with Gasteiger partial charge >= 0.3 is 6.18 Å². The summed E-state index contributed by atoms with van der Waals surface area (Å²) in [6, 6.07) is 10.9. The van der Waals surface area contributed by atoms with Crippen molar-refractivity contribution in [3.63, 3.8) is 0 Å². The van der Waals surface area contributed by atoms with Crippen molar-refractivity contribution in [3.8, 4) is 0 Å². The molecular formula is C30H35F4N5O4. The van der Waals surface area contributed by atoms with Crippen LogP contribution in [-0.4, -0.2) is 90.6 Å². The van der Waals surface area contributed by atoms with Crippen molar-refractivity contribution in [2.75, 3.05) is 50.2 Å². The van der Waals surface area contributed by atoms with Crippen LogP contribution in [0.3, 0.4) is 0 Å². The van der Waals surface area contributed by atoms with Crippen LogP contribution in [0.25, 0.3) is 0 Å². The fraction of sp³-hybridized carbons (Fsp3) is 0.533. The Labute approximate surface area is 247 Å². The van der Waals surface area contributed by atoms with Crippen molar-refractivity contribution >= 4 is 23.2 Å². The highest BCUT2D eigenvalue weighted by atomic mass is 19.4. The molecule has 2 aromatic carbocycles. The maximum absolute atomic E-state index is 14.4. The van der Waals surface area contributed by atoms with E-state index < -0.39 is 58.7 Å². The first-order valence-corrected chi connectivity index (χ1v) is 14.2. The number of benzene rings is 1. The number of nitrogens with one attached hydrogen (secondary N) is 2. The summed E-state index contributed by atoms with van der Waals surface area (Å²) in [5.41, 5.74) is -1.09. The van der Waals surface area contributed by atoms with Gasteiger partial charge < -0.3 is 30.3 Å². The number of likely N-dealkylation sites (tertiary alicyclic amines) is 1. The summed E-state index contributed by atoms with van der Waals surface area (Å²) in [4.78, 5) is 32.0. The van der Waals surface area contributed by atoms with Crippen LogP contribution >= 0.6 is 0 Å². The van der Waals surface area contributed by atoms with E-state index in [1.165, 1.54) is 0 Å². The number of aliphatic hydroxyl groups excluding tert-OH is 1. The summed E-state index contributed by atoms with van der Waals surface area (Å²) < 4.78 is 59.1. The summed E-state index contributed by atoms with van der Waals surface area (Å²) in [5, 5.41) is 17.0. The molecule has 0 radical (unpaired) electrons. The Kier molecular flexibility index (Phi) is 8.48. The lowest BCUT2D eigenvalue weighted by molar-refractivity contribution is -0.138. The van der Waals surface area contributed by atoms with Crippen LogP contribution in [0.4, 0.5) is 28.9 Å². The molecule has 43 heavy (non-hydrogen) atoms. The van der Waals surface area contributed by atoms with E-state index in [1.807, 2.05) is 24.1 Å². The molecular weight excluding hydrogens is 570 g/mol. The SMILES string of the molecule is CC(C)[C@@H](NC(=O)c1cc(C(F)(F)F)ccc1F)C(=O)N1CCC2(CC1)C(O)N(C)CN2c1c#cc(NC2COC2)cc1. The fourth-order valence-electron chi connectivity index (χ4n) is 5.91. The van der Waals surface area contributed by atoms with E-state index in [4.69, 9.17) is 4.74 Å². The Morgan fingerprint density at radius 1 is 1.12 bits per heavy atom. The van der Waals surface area contributed by atoms with E-state index in [1.54, 1.807) is 18.7 Å². The van der Waals surface area contributed by atoms with Crippen molar-refractivity contribution in [2.45, 2.75) is 56.7 Å². The van der Waals surface area contributed by atoms with Gasteiger partial charge in [0.25, 0.3) is 5.91 Å². The largest absolute Gasteiger partial charge is 0.416 e.